The second kappa shape index (κ2) is 2.92. The highest BCUT2D eigenvalue weighted by Gasteiger charge is 2.09. The van der Waals surface area contributed by atoms with Gasteiger partial charge in [0.1, 0.15) is 0 Å². The van der Waals surface area contributed by atoms with Crippen molar-refractivity contribution in [3.63, 3.8) is 0 Å². The number of hydrogen-bond donors (Lipinski definition) is 0. The van der Waals surface area contributed by atoms with E-state index in [1.165, 1.54) is 12.7 Å². The monoisotopic (exact) mass is 144 g/mol. The van der Waals surface area contributed by atoms with E-state index < -0.39 is 0 Å². The molecule has 1 heterocycles. The van der Waals surface area contributed by atoms with Crippen LogP contribution in [0.4, 0.5) is 0 Å². The molecule has 0 spiro atoms. The lowest BCUT2D eigenvalue weighted by atomic mass is 10.3. The number of ether oxygens (including phenoxy) is 1. The summed E-state index contributed by atoms with van der Waals surface area (Å²) in [5.74, 6) is 1.76. The maximum atomic E-state index is 10.5. The van der Waals surface area contributed by atoms with Crippen LogP contribution in [0.2, 0.25) is 0 Å². The van der Waals surface area contributed by atoms with E-state index in [0.717, 1.165) is 11.5 Å². The SMILES string of the molecule is COC(=O)C=C1CSC1. The fraction of sp³-hybridized carbons (Fsp3) is 0.500. The lowest BCUT2D eigenvalue weighted by Crippen LogP contribution is -2.07. The first-order chi connectivity index (χ1) is 4.33. The molecular weight excluding hydrogens is 136 g/mol. The summed E-state index contributed by atoms with van der Waals surface area (Å²) < 4.78 is 4.43. The lowest BCUT2D eigenvalue weighted by Gasteiger charge is -2.14. The van der Waals surface area contributed by atoms with Gasteiger partial charge in [-0.25, -0.2) is 4.79 Å². The quantitative estimate of drug-likeness (QED) is 0.403. The molecule has 0 atom stereocenters. The Bertz CT molecular complexity index is 145. The topological polar surface area (TPSA) is 26.3 Å². The molecule has 9 heavy (non-hydrogen) atoms. The smallest absolute Gasteiger partial charge is 0.330 e. The molecule has 0 N–H and O–H groups in total. The Hall–Kier alpha value is -0.440. The number of esters is 1. The normalized spacial score (nSPS) is 16.3. The molecule has 50 valence electrons. The Balaban J connectivity index is 2.37. The van der Waals surface area contributed by atoms with Gasteiger partial charge in [-0.3, -0.25) is 0 Å². The zero-order chi connectivity index (χ0) is 6.69. The highest BCUT2D eigenvalue weighted by molar-refractivity contribution is 8.01. The fourth-order valence-corrected chi connectivity index (χ4v) is 1.14. The molecule has 0 unspecified atom stereocenters. The molecule has 0 aromatic heterocycles. The maximum Gasteiger partial charge on any atom is 0.330 e. The third-order valence-corrected chi connectivity index (χ3v) is 2.25. The Kier molecular flexibility index (Phi) is 2.16. The fourth-order valence-electron chi connectivity index (χ4n) is 0.529. The summed E-state index contributed by atoms with van der Waals surface area (Å²) in [6.45, 7) is 0. The van der Waals surface area contributed by atoms with Crippen molar-refractivity contribution in [1.29, 1.82) is 0 Å². The van der Waals surface area contributed by atoms with Crippen molar-refractivity contribution < 1.29 is 9.53 Å². The number of hydrogen-bond acceptors (Lipinski definition) is 3. The minimum Gasteiger partial charge on any atom is -0.466 e. The Morgan fingerprint density at radius 1 is 1.78 bits per heavy atom. The van der Waals surface area contributed by atoms with Gasteiger partial charge in [-0.05, 0) is 5.57 Å². The van der Waals surface area contributed by atoms with E-state index in [1.54, 1.807) is 6.08 Å². The average molecular weight is 144 g/mol. The predicted octanol–water partition coefficient (Wildman–Crippen LogP) is 0.833. The summed E-state index contributed by atoms with van der Waals surface area (Å²) in [4.78, 5) is 10.5. The molecule has 0 radical (unpaired) electrons. The minimum absolute atomic E-state index is 0.231. The van der Waals surface area contributed by atoms with Gasteiger partial charge in [0.2, 0.25) is 0 Å². The molecule has 1 saturated heterocycles. The Labute approximate surface area is 58.3 Å². The molecule has 3 heteroatoms. The van der Waals surface area contributed by atoms with Crippen molar-refractivity contribution in [2.24, 2.45) is 0 Å². The molecule has 0 aromatic rings. The number of thioether (sulfide) groups is 1. The summed E-state index contributed by atoms with van der Waals surface area (Å²) in [6.07, 6.45) is 1.57. The van der Waals surface area contributed by atoms with Crippen LogP contribution < -0.4 is 0 Å². The van der Waals surface area contributed by atoms with Gasteiger partial charge in [0.05, 0.1) is 7.11 Å². The van der Waals surface area contributed by atoms with Crippen molar-refractivity contribution in [3.8, 4) is 0 Å². The zero-order valence-electron chi connectivity index (χ0n) is 5.22. The van der Waals surface area contributed by atoms with Gasteiger partial charge < -0.3 is 4.74 Å². The molecule has 1 aliphatic rings. The summed E-state index contributed by atoms with van der Waals surface area (Å²) in [6, 6.07) is 0. The summed E-state index contributed by atoms with van der Waals surface area (Å²) >= 11 is 1.82. The van der Waals surface area contributed by atoms with Crippen molar-refractivity contribution in [2.75, 3.05) is 18.6 Å². The highest BCUT2D eigenvalue weighted by Crippen LogP contribution is 2.22. The molecule has 0 aliphatic carbocycles. The van der Waals surface area contributed by atoms with Gasteiger partial charge in [0.15, 0.2) is 0 Å². The molecule has 0 amide bonds. The third kappa shape index (κ3) is 1.75. The van der Waals surface area contributed by atoms with Crippen LogP contribution in [0.5, 0.6) is 0 Å². The molecular formula is C6H8O2S. The van der Waals surface area contributed by atoms with Crippen LogP contribution in [0.25, 0.3) is 0 Å². The van der Waals surface area contributed by atoms with Gasteiger partial charge >= 0.3 is 5.97 Å². The first-order valence-corrected chi connectivity index (χ1v) is 3.83. The van der Waals surface area contributed by atoms with Gasteiger partial charge in [-0.2, -0.15) is 11.8 Å². The molecule has 0 saturated carbocycles. The van der Waals surface area contributed by atoms with Gasteiger partial charge in [0.25, 0.3) is 0 Å². The van der Waals surface area contributed by atoms with E-state index in [0.29, 0.717) is 0 Å². The molecule has 1 rings (SSSR count). The molecule has 1 fully saturated rings. The largest absolute Gasteiger partial charge is 0.466 e. The van der Waals surface area contributed by atoms with E-state index in [1.807, 2.05) is 11.8 Å². The van der Waals surface area contributed by atoms with E-state index >= 15 is 0 Å². The number of methoxy groups -OCH3 is 1. The molecule has 0 aromatic carbocycles. The van der Waals surface area contributed by atoms with E-state index in [2.05, 4.69) is 4.74 Å². The summed E-state index contributed by atoms with van der Waals surface area (Å²) in [5, 5.41) is 0. The average Bonchev–Trinajstić information content (AvgIpc) is 1.78. The van der Waals surface area contributed by atoms with Crippen molar-refractivity contribution in [1.82, 2.24) is 0 Å². The second-order valence-corrected chi connectivity index (χ2v) is 2.80. The molecule has 2 nitrogen and oxygen atoms in total. The number of rotatable bonds is 1. The third-order valence-electron chi connectivity index (χ3n) is 1.10. The van der Waals surface area contributed by atoms with Crippen LogP contribution in [0.3, 0.4) is 0 Å². The van der Waals surface area contributed by atoms with Crippen LogP contribution in [0.1, 0.15) is 0 Å². The molecule has 1 aliphatic heterocycles. The van der Waals surface area contributed by atoms with Crippen molar-refractivity contribution in [2.45, 2.75) is 0 Å². The van der Waals surface area contributed by atoms with Gasteiger partial charge in [-0.1, -0.05) is 0 Å². The number of carbonyl (C=O) groups excluding carboxylic acids is 1. The van der Waals surface area contributed by atoms with Crippen molar-refractivity contribution in [3.05, 3.63) is 11.6 Å². The minimum atomic E-state index is -0.231. The van der Waals surface area contributed by atoms with E-state index in [9.17, 15) is 4.79 Å². The first-order valence-electron chi connectivity index (χ1n) is 2.68. The maximum absolute atomic E-state index is 10.5. The van der Waals surface area contributed by atoms with E-state index in [4.69, 9.17) is 0 Å². The Morgan fingerprint density at radius 2 is 2.44 bits per heavy atom. The van der Waals surface area contributed by atoms with Crippen molar-refractivity contribution >= 4 is 17.7 Å². The van der Waals surface area contributed by atoms with Crippen LogP contribution in [-0.2, 0) is 9.53 Å². The van der Waals surface area contributed by atoms with Crippen LogP contribution in [-0.4, -0.2) is 24.6 Å². The summed E-state index contributed by atoms with van der Waals surface area (Å²) in [5.41, 5.74) is 1.19. The van der Waals surface area contributed by atoms with Gasteiger partial charge in [-0.15, -0.1) is 0 Å². The van der Waals surface area contributed by atoms with Gasteiger partial charge in [0, 0.05) is 17.6 Å². The second-order valence-electron chi connectivity index (χ2n) is 1.82. The molecule has 0 bridgehead atoms. The van der Waals surface area contributed by atoms with Crippen LogP contribution in [0, 0.1) is 0 Å². The lowest BCUT2D eigenvalue weighted by molar-refractivity contribution is -0.134. The first kappa shape index (κ1) is 6.68. The van der Waals surface area contributed by atoms with Crippen LogP contribution >= 0.6 is 11.8 Å². The number of carbonyl (C=O) groups is 1. The standard InChI is InChI=1S/C6H8O2S/c1-8-6(7)2-5-3-9-4-5/h2H,3-4H2,1H3. The predicted molar refractivity (Wildman–Crippen MR) is 37.4 cm³/mol. The zero-order valence-corrected chi connectivity index (χ0v) is 6.03. The highest BCUT2D eigenvalue weighted by atomic mass is 32.2. The van der Waals surface area contributed by atoms with E-state index in [-0.39, 0.29) is 5.97 Å². The summed E-state index contributed by atoms with van der Waals surface area (Å²) in [7, 11) is 1.39. The van der Waals surface area contributed by atoms with Crippen LogP contribution in [0.15, 0.2) is 11.6 Å². The Morgan fingerprint density at radius 3 is 2.78 bits per heavy atom.